The second kappa shape index (κ2) is 6.06. The number of hydrogen-bond donors (Lipinski definition) is 2. The molecular formula is C16H14Cl2N2O. The summed E-state index contributed by atoms with van der Waals surface area (Å²) in [5.41, 5.74) is 2.75. The van der Waals surface area contributed by atoms with E-state index in [1.165, 1.54) is 0 Å². The minimum absolute atomic E-state index is 0.0844. The summed E-state index contributed by atoms with van der Waals surface area (Å²) in [7, 11) is 0. The Labute approximate surface area is 133 Å². The first-order valence-corrected chi connectivity index (χ1v) is 7.45. The second-order valence-electron chi connectivity index (χ2n) is 5.00. The maximum absolute atomic E-state index is 12.5. The molecule has 0 aliphatic carbocycles. The zero-order valence-corrected chi connectivity index (χ0v) is 12.7. The monoisotopic (exact) mass is 320 g/mol. The number of fused-ring (bicyclic) bond motifs is 1. The van der Waals surface area contributed by atoms with Gasteiger partial charge in [-0.15, -0.1) is 0 Å². The van der Waals surface area contributed by atoms with Crippen molar-refractivity contribution in [2.75, 3.05) is 11.9 Å². The number of nitrogens with one attached hydrogen (secondary N) is 2. The number of benzene rings is 2. The SMILES string of the molecule is O=C(Nc1cc(Cl)ccc1Cl)C1CNCc2ccccc21. The summed E-state index contributed by atoms with van der Waals surface area (Å²) >= 11 is 12.0. The minimum atomic E-state index is -0.231. The maximum Gasteiger partial charge on any atom is 0.233 e. The smallest absolute Gasteiger partial charge is 0.233 e. The van der Waals surface area contributed by atoms with Crippen LogP contribution in [0.1, 0.15) is 17.0 Å². The van der Waals surface area contributed by atoms with Crippen LogP contribution in [0.4, 0.5) is 5.69 Å². The van der Waals surface area contributed by atoms with Crippen LogP contribution in [0.3, 0.4) is 0 Å². The molecule has 1 aliphatic rings. The fourth-order valence-electron chi connectivity index (χ4n) is 2.54. The first-order valence-electron chi connectivity index (χ1n) is 6.69. The average Bonchev–Trinajstić information content (AvgIpc) is 2.50. The van der Waals surface area contributed by atoms with Crippen LogP contribution in [0.5, 0.6) is 0 Å². The van der Waals surface area contributed by atoms with Gasteiger partial charge in [-0.3, -0.25) is 4.79 Å². The van der Waals surface area contributed by atoms with Crippen LogP contribution in [0.15, 0.2) is 42.5 Å². The molecule has 1 unspecified atom stereocenters. The van der Waals surface area contributed by atoms with Gasteiger partial charge in [-0.05, 0) is 29.3 Å². The molecule has 1 heterocycles. The van der Waals surface area contributed by atoms with Crippen molar-refractivity contribution in [1.82, 2.24) is 5.32 Å². The molecule has 0 spiro atoms. The van der Waals surface area contributed by atoms with Crippen LogP contribution in [0.25, 0.3) is 0 Å². The van der Waals surface area contributed by atoms with E-state index in [2.05, 4.69) is 10.6 Å². The highest BCUT2D eigenvalue weighted by molar-refractivity contribution is 6.35. The largest absolute Gasteiger partial charge is 0.324 e. The van der Waals surface area contributed by atoms with Crippen LogP contribution >= 0.6 is 23.2 Å². The molecule has 0 fully saturated rings. The second-order valence-corrected chi connectivity index (χ2v) is 5.84. The Hall–Kier alpha value is -1.55. The van der Waals surface area contributed by atoms with Crippen molar-refractivity contribution >= 4 is 34.8 Å². The number of halogens is 2. The van der Waals surface area contributed by atoms with Crippen molar-refractivity contribution in [2.45, 2.75) is 12.5 Å². The summed E-state index contributed by atoms with van der Waals surface area (Å²) in [6, 6.07) is 13.0. The lowest BCUT2D eigenvalue weighted by Gasteiger charge is -2.25. The number of carbonyl (C=O) groups excluding carboxylic acids is 1. The van der Waals surface area contributed by atoms with E-state index in [1.54, 1.807) is 18.2 Å². The quantitative estimate of drug-likeness (QED) is 0.883. The van der Waals surface area contributed by atoms with E-state index in [9.17, 15) is 4.79 Å². The van der Waals surface area contributed by atoms with Gasteiger partial charge in [-0.2, -0.15) is 0 Å². The predicted molar refractivity (Wildman–Crippen MR) is 86.0 cm³/mol. The maximum atomic E-state index is 12.5. The molecule has 3 nitrogen and oxygen atoms in total. The standard InChI is InChI=1S/C16H14Cl2N2O/c17-11-5-6-14(18)15(7-11)20-16(21)13-9-19-8-10-3-1-2-4-12(10)13/h1-7,13,19H,8-9H2,(H,20,21). The van der Waals surface area contributed by atoms with Gasteiger partial charge in [0.1, 0.15) is 0 Å². The first kappa shape index (κ1) is 14.4. The zero-order valence-electron chi connectivity index (χ0n) is 11.2. The van der Waals surface area contributed by atoms with Gasteiger partial charge in [0.15, 0.2) is 0 Å². The molecule has 5 heteroatoms. The third kappa shape index (κ3) is 3.05. The third-order valence-electron chi connectivity index (χ3n) is 3.60. The number of carbonyl (C=O) groups is 1. The molecule has 1 aliphatic heterocycles. The van der Waals surface area contributed by atoms with Gasteiger partial charge in [0.25, 0.3) is 0 Å². The molecule has 2 aromatic carbocycles. The Bertz CT molecular complexity index is 688. The molecule has 2 N–H and O–H groups in total. The predicted octanol–water partition coefficient (Wildman–Crippen LogP) is 3.82. The molecule has 21 heavy (non-hydrogen) atoms. The van der Waals surface area contributed by atoms with E-state index >= 15 is 0 Å². The lowest BCUT2D eigenvalue weighted by molar-refractivity contribution is -0.117. The average molecular weight is 321 g/mol. The molecule has 1 amide bonds. The third-order valence-corrected chi connectivity index (χ3v) is 4.16. The molecular weight excluding hydrogens is 307 g/mol. The van der Waals surface area contributed by atoms with Gasteiger partial charge in [0.05, 0.1) is 16.6 Å². The molecule has 108 valence electrons. The summed E-state index contributed by atoms with van der Waals surface area (Å²) in [6.07, 6.45) is 0. The Morgan fingerprint density at radius 1 is 1.19 bits per heavy atom. The number of rotatable bonds is 2. The molecule has 1 atom stereocenters. The van der Waals surface area contributed by atoms with Crippen LogP contribution in [0, 0.1) is 0 Å². The lowest BCUT2D eigenvalue weighted by Crippen LogP contribution is -2.35. The van der Waals surface area contributed by atoms with Crippen LogP contribution < -0.4 is 10.6 Å². The fraction of sp³-hybridized carbons (Fsp3) is 0.188. The van der Waals surface area contributed by atoms with Gasteiger partial charge >= 0.3 is 0 Å². The van der Waals surface area contributed by atoms with Crippen molar-refractivity contribution in [3.05, 3.63) is 63.6 Å². The molecule has 0 saturated carbocycles. The Morgan fingerprint density at radius 2 is 2.00 bits per heavy atom. The van der Waals surface area contributed by atoms with E-state index < -0.39 is 0 Å². The van der Waals surface area contributed by atoms with E-state index in [0.717, 1.165) is 17.7 Å². The van der Waals surface area contributed by atoms with Crippen molar-refractivity contribution in [3.8, 4) is 0 Å². The van der Waals surface area contributed by atoms with Crippen molar-refractivity contribution in [3.63, 3.8) is 0 Å². The van der Waals surface area contributed by atoms with E-state index in [1.807, 2.05) is 24.3 Å². The van der Waals surface area contributed by atoms with Gasteiger partial charge in [0, 0.05) is 18.1 Å². The topological polar surface area (TPSA) is 41.1 Å². The van der Waals surface area contributed by atoms with E-state index in [0.29, 0.717) is 22.3 Å². The van der Waals surface area contributed by atoms with E-state index in [-0.39, 0.29) is 11.8 Å². The van der Waals surface area contributed by atoms with Crippen molar-refractivity contribution in [1.29, 1.82) is 0 Å². The summed E-state index contributed by atoms with van der Waals surface area (Å²) < 4.78 is 0. The molecule has 3 rings (SSSR count). The van der Waals surface area contributed by atoms with Gasteiger partial charge in [0.2, 0.25) is 5.91 Å². The lowest BCUT2D eigenvalue weighted by atomic mass is 9.90. The normalized spacial score (nSPS) is 17.1. The summed E-state index contributed by atoms with van der Waals surface area (Å²) in [6.45, 7) is 1.40. The fourth-order valence-corrected chi connectivity index (χ4v) is 2.88. The minimum Gasteiger partial charge on any atom is -0.324 e. The highest BCUT2D eigenvalue weighted by atomic mass is 35.5. The summed E-state index contributed by atoms with van der Waals surface area (Å²) in [4.78, 5) is 12.5. The van der Waals surface area contributed by atoms with Crippen molar-refractivity contribution in [2.24, 2.45) is 0 Å². The Balaban J connectivity index is 1.85. The van der Waals surface area contributed by atoms with Crippen LogP contribution in [-0.4, -0.2) is 12.5 Å². The molecule has 2 aromatic rings. The number of anilines is 1. The Morgan fingerprint density at radius 3 is 2.86 bits per heavy atom. The summed E-state index contributed by atoms with van der Waals surface area (Å²) in [5, 5.41) is 7.15. The highest BCUT2D eigenvalue weighted by Gasteiger charge is 2.26. The molecule has 0 aromatic heterocycles. The van der Waals surface area contributed by atoms with Crippen molar-refractivity contribution < 1.29 is 4.79 Å². The van der Waals surface area contributed by atoms with Gasteiger partial charge < -0.3 is 10.6 Å². The Kier molecular flexibility index (Phi) is 4.15. The molecule has 0 bridgehead atoms. The van der Waals surface area contributed by atoms with Crippen LogP contribution in [-0.2, 0) is 11.3 Å². The molecule has 0 saturated heterocycles. The zero-order chi connectivity index (χ0) is 14.8. The summed E-state index contributed by atoms with van der Waals surface area (Å²) in [5.74, 6) is -0.316. The number of hydrogen-bond acceptors (Lipinski definition) is 2. The van der Waals surface area contributed by atoms with E-state index in [4.69, 9.17) is 23.2 Å². The van der Waals surface area contributed by atoms with Gasteiger partial charge in [-0.25, -0.2) is 0 Å². The molecule has 0 radical (unpaired) electrons. The first-order chi connectivity index (χ1) is 10.1. The highest BCUT2D eigenvalue weighted by Crippen LogP contribution is 2.29. The van der Waals surface area contributed by atoms with Crippen LogP contribution in [0.2, 0.25) is 10.0 Å². The van der Waals surface area contributed by atoms with Gasteiger partial charge in [-0.1, -0.05) is 47.5 Å². The number of amides is 1.